The van der Waals surface area contributed by atoms with Crippen molar-refractivity contribution in [3.8, 4) is 0 Å². The summed E-state index contributed by atoms with van der Waals surface area (Å²) < 4.78 is 0. The van der Waals surface area contributed by atoms with Gasteiger partial charge in [-0.1, -0.05) is 24.3 Å². The fourth-order valence-corrected chi connectivity index (χ4v) is 2.34. The van der Waals surface area contributed by atoms with Gasteiger partial charge >= 0.3 is 0 Å². The maximum Gasteiger partial charge on any atom is 0.132 e. The molecule has 0 spiro atoms. The molecule has 0 unspecified atom stereocenters. The first-order valence-corrected chi connectivity index (χ1v) is 6.42. The molecule has 0 atom stereocenters. The van der Waals surface area contributed by atoms with E-state index in [1.54, 1.807) is 0 Å². The van der Waals surface area contributed by atoms with Gasteiger partial charge < -0.3 is 5.32 Å². The zero-order chi connectivity index (χ0) is 12.4. The third-order valence-corrected chi connectivity index (χ3v) is 3.47. The molecule has 3 nitrogen and oxygen atoms in total. The standard InChI is InChI=1S/C15H17N3/c1-11-4-2-3-5-12(11)8-15-17-10-13-9-16-7-6-14(13)18-15/h2-5,10,16H,6-9H2,1H3. The van der Waals surface area contributed by atoms with Crippen LogP contribution in [0.25, 0.3) is 0 Å². The lowest BCUT2D eigenvalue weighted by Gasteiger charge is -2.16. The number of rotatable bonds is 2. The quantitative estimate of drug-likeness (QED) is 0.871. The Bertz CT molecular complexity index is 563. The molecule has 0 radical (unpaired) electrons. The number of aromatic nitrogens is 2. The largest absolute Gasteiger partial charge is 0.312 e. The van der Waals surface area contributed by atoms with Gasteiger partial charge in [0.25, 0.3) is 0 Å². The van der Waals surface area contributed by atoms with Crippen molar-refractivity contribution < 1.29 is 0 Å². The van der Waals surface area contributed by atoms with Crippen molar-refractivity contribution in [3.05, 3.63) is 58.7 Å². The van der Waals surface area contributed by atoms with Gasteiger partial charge in [0.1, 0.15) is 5.82 Å². The number of hydrogen-bond donors (Lipinski definition) is 1. The van der Waals surface area contributed by atoms with E-state index in [4.69, 9.17) is 4.98 Å². The fourth-order valence-electron chi connectivity index (χ4n) is 2.34. The van der Waals surface area contributed by atoms with Crippen molar-refractivity contribution in [3.63, 3.8) is 0 Å². The molecule has 92 valence electrons. The summed E-state index contributed by atoms with van der Waals surface area (Å²) in [5.74, 6) is 0.935. The molecule has 2 aromatic rings. The van der Waals surface area contributed by atoms with Crippen molar-refractivity contribution in [2.45, 2.75) is 26.3 Å². The maximum absolute atomic E-state index is 4.70. The Hall–Kier alpha value is -1.74. The summed E-state index contributed by atoms with van der Waals surface area (Å²) >= 11 is 0. The van der Waals surface area contributed by atoms with Gasteiger partial charge in [-0.3, -0.25) is 0 Å². The number of hydrogen-bond acceptors (Lipinski definition) is 3. The number of aryl methyl sites for hydroxylation is 1. The molecular weight excluding hydrogens is 222 g/mol. The highest BCUT2D eigenvalue weighted by molar-refractivity contribution is 5.29. The molecule has 3 heteroatoms. The third-order valence-electron chi connectivity index (χ3n) is 3.47. The summed E-state index contributed by atoms with van der Waals surface area (Å²) in [6.07, 6.45) is 3.81. The molecule has 1 aromatic heterocycles. The van der Waals surface area contributed by atoms with E-state index in [0.29, 0.717) is 0 Å². The van der Waals surface area contributed by atoms with E-state index >= 15 is 0 Å². The van der Waals surface area contributed by atoms with Crippen LogP contribution in [0.3, 0.4) is 0 Å². The Balaban J connectivity index is 1.87. The third kappa shape index (κ3) is 2.27. The Morgan fingerprint density at radius 2 is 2.17 bits per heavy atom. The monoisotopic (exact) mass is 239 g/mol. The summed E-state index contributed by atoms with van der Waals surface area (Å²) in [5.41, 5.74) is 5.08. The van der Waals surface area contributed by atoms with Gasteiger partial charge in [-0.25, -0.2) is 9.97 Å². The second-order valence-corrected chi connectivity index (χ2v) is 4.79. The van der Waals surface area contributed by atoms with Crippen LogP contribution < -0.4 is 5.32 Å². The smallest absolute Gasteiger partial charge is 0.132 e. The molecule has 2 heterocycles. The first-order chi connectivity index (χ1) is 8.83. The van der Waals surface area contributed by atoms with Crippen LogP contribution in [0.4, 0.5) is 0 Å². The van der Waals surface area contributed by atoms with Crippen molar-refractivity contribution >= 4 is 0 Å². The lowest BCUT2D eigenvalue weighted by Crippen LogP contribution is -2.25. The van der Waals surface area contributed by atoms with E-state index < -0.39 is 0 Å². The summed E-state index contributed by atoms with van der Waals surface area (Å²) in [6, 6.07) is 8.43. The van der Waals surface area contributed by atoms with E-state index in [1.807, 2.05) is 6.20 Å². The summed E-state index contributed by atoms with van der Waals surface area (Å²) in [4.78, 5) is 9.18. The van der Waals surface area contributed by atoms with Gasteiger partial charge in [-0.05, 0) is 18.1 Å². The fraction of sp³-hybridized carbons (Fsp3) is 0.333. The van der Waals surface area contributed by atoms with Crippen LogP contribution in [0, 0.1) is 6.92 Å². The highest BCUT2D eigenvalue weighted by Crippen LogP contribution is 2.14. The highest BCUT2D eigenvalue weighted by atomic mass is 14.9. The minimum absolute atomic E-state index is 0.827. The Labute approximate surface area is 107 Å². The van der Waals surface area contributed by atoms with E-state index in [1.165, 1.54) is 22.4 Å². The Kier molecular flexibility index (Phi) is 3.07. The second-order valence-electron chi connectivity index (χ2n) is 4.79. The molecular formula is C15H17N3. The molecule has 18 heavy (non-hydrogen) atoms. The van der Waals surface area contributed by atoms with Gasteiger partial charge in [0.2, 0.25) is 0 Å². The maximum atomic E-state index is 4.70. The Morgan fingerprint density at radius 1 is 1.28 bits per heavy atom. The molecule has 0 bridgehead atoms. The van der Waals surface area contributed by atoms with Gasteiger partial charge in [-0.2, -0.15) is 0 Å². The molecule has 3 rings (SSSR count). The van der Waals surface area contributed by atoms with Gasteiger partial charge in [0.05, 0.1) is 0 Å². The molecule has 0 amide bonds. The van der Waals surface area contributed by atoms with Crippen LogP contribution in [0.1, 0.15) is 28.2 Å². The van der Waals surface area contributed by atoms with Crippen LogP contribution in [-0.2, 0) is 19.4 Å². The highest BCUT2D eigenvalue weighted by Gasteiger charge is 2.11. The lowest BCUT2D eigenvalue weighted by atomic mass is 10.0. The number of benzene rings is 1. The molecule has 0 saturated heterocycles. The molecule has 1 aliphatic rings. The SMILES string of the molecule is Cc1ccccc1Cc1ncc2c(n1)CCNC2. The average molecular weight is 239 g/mol. The van der Waals surface area contributed by atoms with Crippen LogP contribution in [-0.4, -0.2) is 16.5 Å². The number of nitrogens with zero attached hydrogens (tertiary/aromatic N) is 2. The predicted octanol–water partition coefficient (Wildman–Crippen LogP) is 2.02. The van der Waals surface area contributed by atoms with Crippen LogP contribution in [0.15, 0.2) is 30.5 Å². The second kappa shape index (κ2) is 4.86. The molecule has 0 saturated carbocycles. The summed E-state index contributed by atoms with van der Waals surface area (Å²) in [5, 5.41) is 3.34. The topological polar surface area (TPSA) is 37.8 Å². The van der Waals surface area contributed by atoms with E-state index in [0.717, 1.165) is 31.8 Å². The molecule has 1 aliphatic heterocycles. The lowest BCUT2D eigenvalue weighted by molar-refractivity contribution is 0.621. The van der Waals surface area contributed by atoms with E-state index in [9.17, 15) is 0 Å². The normalized spacial score (nSPS) is 14.3. The van der Waals surface area contributed by atoms with Crippen LogP contribution in [0.2, 0.25) is 0 Å². The van der Waals surface area contributed by atoms with Crippen LogP contribution in [0.5, 0.6) is 0 Å². The zero-order valence-electron chi connectivity index (χ0n) is 10.6. The minimum Gasteiger partial charge on any atom is -0.312 e. The Morgan fingerprint density at radius 3 is 3.06 bits per heavy atom. The summed E-state index contributed by atoms with van der Waals surface area (Å²) in [7, 11) is 0. The first kappa shape index (κ1) is 11.4. The van der Waals surface area contributed by atoms with Gasteiger partial charge in [0, 0.05) is 43.4 Å². The number of fused-ring (bicyclic) bond motifs is 1. The average Bonchev–Trinajstić information content (AvgIpc) is 2.41. The zero-order valence-corrected chi connectivity index (χ0v) is 10.6. The molecule has 1 N–H and O–H groups in total. The molecule has 0 fully saturated rings. The van der Waals surface area contributed by atoms with Gasteiger partial charge in [-0.15, -0.1) is 0 Å². The number of nitrogens with one attached hydrogen (secondary N) is 1. The van der Waals surface area contributed by atoms with Crippen molar-refractivity contribution in [1.29, 1.82) is 0 Å². The van der Waals surface area contributed by atoms with Crippen molar-refractivity contribution in [2.24, 2.45) is 0 Å². The first-order valence-electron chi connectivity index (χ1n) is 6.42. The molecule has 1 aromatic carbocycles. The predicted molar refractivity (Wildman–Crippen MR) is 71.4 cm³/mol. The minimum atomic E-state index is 0.827. The van der Waals surface area contributed by atoms with Crippen molar-refractivity contribution in [2.75, 3.05) is 6.54 Å². The summed E-state index contributed by atoms with van der Waals surface area (Å²) in [6.45, 7) is 4.06. The van der Waals surface area contributed by atoms with E-state index in [-0.39, 0.29) is 0 Å². The van der Waals surface area contributed by atoms with Crippen molar-refractivity contribution in [1.82, 2.24) is 15.3 Å². The van der Waals surface area contributed by atoms with E-state index in [2.05, 4.69) is 41.5 Å². The van der Waals surface area contributed by atoms with Crippen LogP contribution >= 0.6 is 0 Å². The molecule has 0 aliphatic carbocycles. The van der Waals surface area contributed by atoms with Gasteiger partial charge in [0.15, 0.2) is 0 Å².